The van der Waals surface area contributed by atoms with Gasteiger partial charge in [0.25, 0.3) is 0 Å². The lowest BCUT2D eigenvalue weighted by Gasteiger charge is -2.20. The molecular formula is C12H22BrN3O. The third-order valence-electron chi connectivity index (χ3n) is 2.94. The molecule has 4 nitrogen and oxygen atoms in total. The molecule has 0 unspecified atom stereocenters. The van der Waals surface area contributed by atoms with Crippen LogP contribution in [0.4, 0.5) is 0 Å². The summed E-state index contributed by atoms with van der Waals surface area (Å²) in [6, 6.07) is 0. The third kappa shape index (κ3) is 3.79. The van der Waals surface area contributed by atoms with Crippen molar-refractivity contribution in [2.45, 2.75) is 26.8 Å². The van der Waals surface area contributed by atoms with Crippen molar-refractivity contribution in [3.05, 3.63) is 15.9 Å². The van der Waals surface area contributed by atoms with E-state index in [0.29, 0.717) is 0 Å². The van der Waals surface area contributed by atoms with Crippen molar-refractivity contribution in [2.75, 3.05) is 26.8 Å². The summed E-state index contributed by atoms with van der Waals surface area (Å²) in [6.45, 7) is 7.93. The lowest BCUT2D eigenvalue weighted by atomic mass is 10.3. The molecule has 0 aromatic carbocycles. The van der Waals surface area contributed by atoms with Gasteiger partial charge in [-0.05, 0) is 28.9 Å². The summed E-state index contributed by atoms with van der Waals surface area (Å²) in [7, 11) is 3.74. The largest absolute Gasteiger partial charge is 0.383 e. The summed E-state index contributed by atoms with van der Waals surface area (Å²) in [5.74, 6) is 0. The number of methoxy groups -OCH3 is 1. The number of likely N-dealkylation sites (N-methyl/N-ethyl adjacent to an activating group) is 1. The first kappa shape index (κ1) is 14.7. The minimum atomic E-state index is 0.768. The highest BCUT2D eigenvalue weighted by molar-refractivity contribution is 9.10. The Bertz CT molecular complexity index is 352. The Morgan fingerprint density at radius 2 is 2.12 bits per heavy atom. The molecule has 1 aromatic rings. The second-order valence-corrected chi connectivity index (χ2v) is 4.84. The first-order valence-electron chi connectivity index (χ1n) is 6.05. The Morgan fingerprint density at radius 3 is 2.59 bits per heavy atom. The van der Waals surface area contributed by atoms with Gasteiger partial charge in [-0.15, -0.1) is 0 Å². The van der Waals surface area contributed by atoms with E-state index < -0.39 is 0 Å². The Balaban J connectivity index is 2.75. The van der Waals surface area contributed by atoms with Gasteiger partial charge in [-0.2, -0.15) is 5.10 Å². The van der Waals surface area contributed by atoms with E-state index >= 15 is 0 Å². The normalized spacial score (nSPS) is 11.4. The molecular weight excluding hydrogens is 282 g/mol. The van der Waals surface area contributed by atoms with Crippen LogP contribution in [0.25, 0.3) is 0 Å². The Morgan fingerprint density at radius 1 is 1.41 bits per heavy atom. The van der Waals surface area contributed by atoms with Crippen molar-refractivity contribution in [3.63, 3.8) is 0 Å². The van der Waals surface area contributed by atoms with Gasteiger partial charge in [-0.1, -0.05) is 13.8 Å². The number of hydrogen-bond donors (Lipinski definition) is 0. The maximum atomic E-state index is 5.12. The van der Waals surface area contributed by atoms with E-state index in [-0.39, 0.29) is 0 Å². The highest BCUT2D eigenvalue weighted by Gasteiger charge is 2.14. The van der Waals surface area contributed by atoms with Crippen LogP contribution >= 0.6 is 15.9 Å². The van der Waals surface area contributed by atoms with E-state index in [1.54, 1.807) is 7.11 Å². The molecule has 0 atom stereocenters. The molecule has 0 amide bonds. The average molecular weight is 304 g/mol. The molecule has 0 spiro atoms. The van der Waals surface area contributed by atoms with Gasteiger partial charge in [0, 0.05) is 27.2 Å². The zero-order chi connectivity index (χ0) is 12.8. The van der Waals surface area contributed by atoms with Gasteiger partial charge in [-0.3, -0.25) is 9.58 Å². The molecule has 0 saturated carbocycles. The van der Waals surface area contributed by atoms with Crippen LogP contribution in [0.1, 0.15) is 25.2 Å². The first-order valence-corrected chi connectivity index (χ1v) is 6.84. The van der Waals surface area contributed by atoms with Gasteiger partial charge in [-0.25, -0.2) is 0 Å². The number of aromatic nitrogens is 2. The van der Waals surface area contributed by atoms with Crippen LogP contribution in [0.5, 0.6) is 0 Å². The molecule has 0 aliphatic rings. The standard InChI is InChI=1S/C12H22BrN3O/c1-5-10-12(13)11(15(3)14-10)9-16(6-2)7-8-17-4/h5-9H2,1-4H3. The summed E-state index contributed by atoms with van der Waals surface area (Å²) < 4.78 is 8.24. The molecule has 0 saturated heterocycles. The van der Waals surface area contributed by atoms with E-state index in [1.807, 2.05) is 11.7 Å². The van der Waals surface area contributed by atoms with Crippen molar-refractivity contribution < 1.29 is 4.74 Å². The van der Waals surface area contributed by atoms with E-state index in [9.17, 15) is 0 Å². The van der Waals surface area contributed by atoms with Crippen LogP contribution in [-0.4, -0.2) is 41.5 Å². The third-order valence-corrected chi connectivity index (χ3v) is 3.85. The van der Waals surface area contributed by atoms with Gasteiger partial charge >= 0.3 is 0 Å². The van der Waals surface area contributed by atoms with Gasteiger partial charge in [0.2, 0.25) is 0 Å². The second kappa shape index (κ2) is 7.13. The zero-order valence-electron chi connectivity index (χ0n) is 11.2. The smallest absolute Gasteiger partial charge is 0.0767 e. The van der Waals surface area contributed by atoms with Crippen molar-refractivity contribution in [2.24, 2.45) is 7.05 Å². The molecule has 0 N–H and O–H groups in total. The summed E-state index contributed by atoms with van der Waals surface area (Å²) in [4.78, 5) is 2.35. The predicted octanol–water partition coefficient (Wildman–Crippen LogP) is 2.21. The van der Waals surface area contributed by atoms with E-state index in [2.05, 4.69) is 39.8 Å². The molecule has 0 aliphatic heterocycles. The fourth-order valence-corrected chi connectivity index (χ4v) is 2.51. The molecule has 1 heterocycles. The average Bonchev–Trinajstić information content (AvgIpc) is 2.60. The highest BCUT2D eigenvalue weighted by Crippen LogP contribution is 2.22. The van der Waals surface area contributed by atoms with Crippen LogP contribution in [-0.2, 0) is 24.8 Å². The van der Waals surface area contributed by atoms with Crippen LogP contribution in [0.15, 0.2) is 4.47 Å². The van der Waals surface area contributed by atoms with Crippen molar-refractivity contribution in [1.29, 1.82) is 0 Å². The van der Waals surface area contributed by atoms with Crippen LogP contribution in [0.2, 0.25) is 0 Å². The molecule has 1 rings (SSSR count). The lowest BCUT2D eigenvalue weighted by molar-refractivity contribution is 0.146. The monoisotopic (exact) mass is 303 g/mol. The molecule has 0 fully saturated rings. The van der Waals surface area contributed by atoms with Crippen molar-refractivity contribution >= 4 is 15.9 Å². The number of nitrogens with zero attached hydrogens (tertiary/aromatic N) is 3. The maximum Gasteiger partial charge on any atom is 0.0767 e. The fraction of sp³-hybridized carbons (Fsp3) is 0.750. The Hall–Kier alpha value is -0.390. The number of halogens is 1. The predicted molar refractivity (Wildman–Crippen MR) is 73.1 cm³/mol. The maximum absolute atomic E-state index is 5.12. The van der Waals surface area contributed by atoms with E-state index in [4.69, 9.17) is 4.74 Å². The van der Waals surface area contributed by atoms with E-state index in [1.165, 1.54) is 5.69 Å². The first-order chi connectivity index (χ1) is 8.13. The molecule has 0 radical (unpaired) electrons. The molecule has 5 heteroatoms. The highest BCUT2D eigenvalue weighted by atomic mass is 79.9. The van der Waals surface area contributed by atoms with Crippen LogP contribution in [0.3, 0.4) is 0 Å². The van der Waals surface area contributed by atoms with Gasteiger partial charge in [0.15, 0.2) is 0 Å². The van der Waals surface area contributed by atoms with Crippen molar-refractivity contribution in [3.8, 4) is 0 Å². The number of aryl methyl sites for hydroxylation is 2. The van der Waals surface area contributed by atoms with Crippen LogP contribution < -0.4 is 0 Å². The molecule has 17 heavy (non-hydrogen) atoms. The minimum Gasteiger partial charge on any atom is -0.383 e. The summed E-state index contributed by atoms with van der Waals surface area (Å²) in [5, 5.41) is 4.51. The van der Waals surface area contributed by atoms with Crippen molar-refractivity contribution in [1.82, 2.24) is 14.7 Å². The van der Waals surface area contributed by atoms with Gasteiger partial charge < -0.3 is 4.74 Å². The summed E-state index contributed by atoms with van der Waals surface area (Å²) in [6.07, 6.45) is 0.957. The quantitative estimate of drug-likeness (QED) is 0.774. The van der Waals surface area contributed by atoms with E-state index in [0.717, 1.165) is 42.8 Å². The number of ether oxygens (including phenoxy) is 1. The minimum absolute atomic E-state index is 0.768. The SMILES string of the molecule is CCc1nn(C)c(CN(CC)CCOC)c1Br. The number of hydrogen-bond acceptors (Lipinski definition) is 3. The zero-order valence-corrected chi connectivity index (χ0v) is 12.7. The van der Waals surface area contributed by atoms with Gasteiger partial charge in [0.1, 0.15) is 0 Å². The number of rotatable bonds is 7. The fourth-order valence-electron chi connectivity index (χ4n) is 1.77. The molecule has 0 bridgehead atoms. The molecule has 1 aromatic heterocycles. The molecule has 98 valence electrons. The van der Waals surface area contributed by atoms with Crippen LogP contribution in [0, 0.1) is 0 Å². The second-order valence-electron chi connectivity index (χ2n) is 4.05. The topological polar surface area (TPSA) is 30.3 Å². The van der Waals surface area contributed by atoms with Gasteiger partial charge in [0.05, 0.1) is 22.5 Å². The molecule has 0 aliphatic carbocycles. The summed E-state index contributed by atoms with van der Waals surface area (Å²) in [5.41, 5.74) is 2.37. The Labute approximate surface area is 112 Å². The Kier molecular flexibility index (Phi) is 6.16. The summed E-state index contributed by atoms with van der Waals surface area (Å²) >= 11 is 3.65. The lowest BCUT2D eigenvalue weighted by Crippen LogP contribution is -2.27.